The molecule has 0 radical (unpaired) electrons. The first kappa shape index (κ1) is 17.9. The van der Waals surface area contributed by atoms with E-state index in [9.17, 15) is 0 Å². The SMILES string of the molecule is CN(C)CCN(C)CCN1CCN(CCN(C)C)CC1. The van der Waals surface area contributed by atoms with Crippen LogP contribution in [0.5, 0.6) is 0 Å². The van der Waals surface area contributed by atoms with Gasteiger partial charge in [-0.3, -0.25) is 9.80 Å². The van der Waals surface area contributed by atoms with Crippen molar-refractivity contribution in [2.45, 2.75) is 0 Å². The van der Waals surface area contributed by atoms with Gasteiger partial charge in [0.1, 0.15) is 0 Å². The Bertz CT molecular complexity index is 236. The van der Waals surface area contributed by atoms with Gasteiger partial charge in [-0.05, 0) is 35.2 Å². The van der Waals surface area contributed by atoms with E-state index in [1.54, 1.807) is 0 Å². The smallest absolute Gasteiger partial charge is 0.0110 e. The first-order chi connectivity index (χ1) is 9.47. The van der Waals surface area contributed by atoms with Crippen LogP contribution in [0.3, 0.4) is 0 Å². The van der Waals surface area contributed by atoms with E-state index in [1.807, 2.05) is 0 Å². The van der Waals surface area contributed by atoms with Gasteiger partial charge in [-0.1, -0.05) is 0 Å². The molecule has 1 rings (SSSR count). The summed E-state index contributed by atoms with van der Waals surface area (Å²) in [5, 5.41) is 0. The summed E-state index contributed by atoms with van der Waals surface area (Å²) < 4.78 is 0. The summed E-state index contributed by atoms with van der Waals surface area (Å²) in [5.74, 6) is 0. The van der Waals surface area contributed by atoms with E-state index in [2.05, 4.69) is 59.7 Å². The molecule has 5 heteroatoms. The largest absolute Gasteiger partial charge is 0.308 e. The van der Waals surface area contributed by atoms with E-state index >= 15 is 0 Å². The van der Waals surface area contributed by atoms with Crippen LogP contribution in [0, 0.1) is 0 Å². The second-order valence-electron chi connectivity index (χ2n) is 6.59. The lowest BCUT2D eigenvalue weighted by molar-refractivity contribution is 0.116. The molecule has 120 valence electrons. The summed E-state index contributed by atoms with van der Waals surface area (Å²) in [5.41, 5.74) is 0. The lowest BCUT2D eigenvalue weighted by atomic mass is 10.3. The van der Waals surface area contributed by atoms with Crippen molar-refractivity contribution in [1.29, 1.82) is 0 Å². The third kappa shape index (κ3) is 8.17. The second kappa shape index (κ2) is 9.68. The minimum Gasteiger partial charge on any atom is -0.308 e. The molecule has 20 heavy (non-hydrogen) atoms. The van der Waals surface area contributed by atoms with Crippen molar-refractivity contribution in [1.82, 2.24) is 24.5 Å². The number of hydrogen-bond acceptors (Lipinski definition) is 5. The molecule has 0 aliphatic carbocycles. The van der Waals surface area contributed by atoms with Crippen LogP contribution in [0.1, 0.15) is 0 Å². The van der Waals surface area contributed by atoms with Crippen LogP contribution < -0.4 is 0 Å². The maximum atomic E-state index is 2.61. The lowest BCUT2D eigenvalue weighted by Gasteiger charge is -2.35. The molecule has 1 fully saturated rings. The number of rotatable bonds is 9. The predicted molar refractivity (Wildman–Crippen MR) is 87.5 cm³/mol. The number of nitrogens with zero attached hydrogens (tertiary/aromatic N) is 5. The molecule has 0 aromatic carbocycles. The fourth-order valence-electron chi connectivity index (χ4n) is 2.37. The Morgan fingerprint density at radius 1 is 0.600 bits per heavy atom. The quantitative estimate of drug-likeness (QED) is 0.574. The standard InChI is InChI=1S/C15H35N5/c1-16(2)6-8-18(5)9-11-20-14-12-19(13-15-20)10-7-17(3)4/h6-15H2,1-5H3. The minimum absolute atomic E-state index is 1.15. The molecular formula is C15H35N5. The Kier molecular flexibility index (Phi) is 8.64. The summed E-state index contributed by atoms with van der Waals surface area (Å²) in [4.78, 5) is 12.2. The van der Waals surface area contributed by atoms with Crippen LogP contribution in [0.2, 0.25) is 0 Å². The summed E-state index contributed by atoms with van der Waals surface area (Å²) >= 11 is 0. The number of likely N-dealkylation sites (N-methyl/N-ethyl adjacent to an activating group) is 3. The molecule has 0 atom stereocenters. The average molecular weight is 285 g/mol. The van der Waals surface area contributed by atoms with Gasteiger partial charge in [0.05, 0.1) is 0 Å². The van der Waals surface area contributed by atoms with E-state index in [1.165, 1.54) is 52.4 Å². The predicted octanol–water partition coefficient (Wildman–Crippen LogP) is -0.341. The molecule has 0 aromatic rings. The maximum Gasteiger partial charge on any atom is 0.0110 e. The summed E-state index contributed by atoms with van der Waals surface area (Å²) in [6, 6.07) is 0. The van der Waals surface area contributed by atoms with Crippen molar-refractivity contribution in [2.24, 2.45) is 0 Å². The van der Waals surface area contributed by atoms with E-state index in [4.69, 9.17) is 0 Å². The molecule has 0 unspecified atom stereocenters. The molecule has 0 bridgehead atoms. The summed E-state index contributed by atoms with van der Waals surface area (Å²) in [6.07, 6.45) is 0. The van der Waals surface area contributed by atoms with Gasteiger partial charge < -0.3 is 14.7 Å². The fourth-order valence-corrected chi connectivity index (χ4v) is 2.37. The zero-order valence-corrected chi connectivity index (χ0v) is 14.3. The molecule has 0 spiro atoms. The van der Waals surface area contributed by atoms with Gasteiger partial charge in [-0.15, -0.1) is 0 Å². The molecule has 1 aliphatic heterocycles. The molecular weight excluding hydrogens is 250 g/mol. The Balaban J connectivity index is 2.07. The zero-order chi connectivity index (χ0) is 15.0. The molecule has 0 aromatic heterocycles. The van der Waals surface area contributed by atoms with E-state index in [0.717, 1.165) is 13.1 Å². The highest BCUT2D eigenvalue weighted by atomic mass is 15.3. The molecule has 5 nitrogen and oxygen atoms in total. The molecule has 0 amide bonds. The Labute approximate surface area is 126 Å². The van der Waals surface area contributed by atoms with Gasteiger partial charge in [-0.2, -0.15) is 0 Å². The fraction of sp³-hybridized carbons (Fsp3) is 1.00. The second-order valence-corrected chi connectivity index (χ2v) is 6.59. The third-order valence-corrected chi connectivity index (χ3v) is 4.06. The van der Waals surface area contributed by atoms with Crippen molar-refractivity contribution >= 4 is 0 Å². The van der Waals surface area contributed by atoms with Crippen LogP contribution in [0.4, 0.5) is 0 Å². The monoisotopic (exact) mass is 285 g/mol. The molecule has 1 aliphatic rings. The van der Waals surface area contributed by atoms with Crippen molar-refractivity contribution < 1.29 is 0 Å². The van der Waals surface area contributed by atoms with Crippen molar-refractivity contribution in [3.63, 3.8) is 0 Å². The number of piperazine rings is 1. The first-order valence-corrected chi connectivity index (χ1v) is 7.90. The first-order valence-electron chi connectivity index (χ1n) is 7.90. The van der Waals surface area contributed by atoms with E-state index in [0.29, 0.717) is 0 Å². The van der Waals surface area contributed by atoms with E-state index in [-0.39, 0.29) is 0 Å². The maximum absolute atomic E-state index is 2.61. The zero-order valence-electron chi connectivity index (χ0n) is 14.3. The van der Waals surface area contributed by atoms with Crippen LogP contribution >= 0.6 is 0 Å². The Morgan fingerprint density at radius 3 is 1.50 bits per heavy atom. The summed E-state index contributed by atoms with van der Waals surface area (Å²) in [6.45, 7) is 12.0. The van der Waals surface area contributed by atoms with Crippen LogP contribution in [-0.2, 0) is 0 Å². The van der Waals surface area contributed by atoms with Gasteiger partial charge in [0.2, 0.25) is 0 Å². The average Bonchev–Trinajstić information content (AvgIpc) is 2.41. The van der Waals surface area contributed by atoms with Crippen LogP contribution in [0.15, 0.2) is 0 Å². The highest BCUT2D eigenvalue weighted by molar-refractivity contribution is 4.73. The highest BCUT2D eigenvalue weighted by Gasteiger charge is 2.16. The Hall–Kier alpha value is -0.200. The van der Waals surface area contributed by atoms with Gasteiger partial charge in [-0.25, -0.2) is 0 Å². The normalized spacial score (nSPS) is 18.6. The van der Waals surface area contributed by atoms with Gasteiger partial charge in [0.15, 0.2) is 0 Å². The number of hydrogen-bond donors (Lipinski definition) is 0. The highest BCUT2D eigenvalue weighted by Crippen LogP contribution is 2.01. The Morgan fingerprint density at radius 2 is 1.05 bits per heavy atom. The van der Waals surface area contributed by atoms with Gasteiger partial charge >= 0.3 is 0 Å². The topological polar surface area (TPSA) is 16.2 Å². The molecule has 1 heterocycles. The van der Waals surface area contributed by atoms with Gasteiger partial charge in [0.25, 0.3) is 0 Å². The third-order valence-electron chi connectivity index (χ3n) is 4.06. The van der Waals surface area contributed by atoms with E-state index < -0.39 is 0 Å². The van der Waals surface area contributed by atoms with Crippen LogP contribution in [0.25, 0.3) is 0 Å². The van der Waals surface area contributed by atoms with Crippen molar-refractivity contribution in [2.75, 3.05) is 101 Å². The summed E-state index contributed by atoms with van der Waals surface area (Å²) in [7, 11) is 10.8. The van der Waals surface area contributed by atoms with Crippen molar-refractivity contribution in [3.05, 3.63) is 0 Å². The molecule has 0 saturated carbocycles. The lowest BCUT2D eigenvalue weighted by Crippen LogP contribution is -2.49. The molecule has 0 N–H and O–H groups in total. The molecule has 1 saturated heterocycles. The van der Waals surface area contributed by atoms with Gasteiger partial charge in [0, 0.05) is 65.4 Å². The van der Waals surface area contributed by atoms with Crippen molar-refractivity contribution in [3.8, 4) is 0 Å². The minimum atomic E-state index is 1.15. The van der Waals surface area contributed by atoms with Crippen LogP contribution in [-0.4, -0.2) is 125 Å².